The number of rotatable bonds is 5. The van der Waals surface area contributed by atoms with Gasteiger partial charge >= 0.3 is 0 Å². The molecule has 2 amide bonds. The van der Waals surface area contributed by atoms with Crippen molar-refractivity contribution in [2.75, 3.05) is 12.0 Å². The van der Waals surface area contributed by atoms with Crippen LogP contribution in [0.25, 0.3) is 0 Å². The third-order valence-corrected chi connectivity index (χ3v) is 1.98. The predicted molar refractivity (Wildman–Crippen MR) is 49.8 cm³/mol. The van der Waals surface area contributed by atoms with Crippen molar-refractivity contribution < 1.29 is 9.59 Å². The Kier molecular flexibility index (Phi) is 5.53. The second-order valence-corrected chi connectivity index (χ2v) is 3.42. The lowest BCUT2D eigenvalue weighted by Crippen LogP contribution is -2.43. The number of carbonyl (C=O) groups is 2. The smallest absolute Gasteiger partial charge is 0.240 e. The SMILES string of the molecule is CSCC[C@H](NC(C)=O)C(N)=O. The molecule has 0 bridgehead atoms. The van der Waals surface area contributed by atoms with Gasteiger partial charge in [-0.25, -0.2) is 0 Å². The van der Waals surface area contributed by atoms with Crippen molar-refractivity contribution in [3.8, 4) is 0 Å². The first-order valence-corrected chi connectivity index (χ1v) is 5.02. The molecule has 0 aliphatic heterocycles. The van der Waals surface area contributed by atoms with Gasteiger partial charge in [-0.15, -0.1) is 0 Å². The number of nitrogens with two attached hydrogens (primary N) is 1. The van der Waals surface area contributed by atoms with E-state index >= 15 is 0 Å². The van der Waals surface area contributed by atoms with Crippen molar-refractivity contribution in [2.24, 2.45) is 5.73 Å². The highest BCUT2D eigenvalue weighted by Gasteiger charge is 2.14. The zero-order valence-corrected chi connectivity index (χ0v) is 8.11. The van der Waals surface area contributed by atoms with E-state index in [1.807, 2.05) is 6.26 Å². The molecule has 0 aliphatic rings. The molecular weight excluding hydrogens is 176 g/mol. The molecule has 12 heavy (non-hydrogen) atoms. The highest BCUT2D eigenvalue weighted by molar-refractivity contribution is 7.98. The number of carbonyl (C=O) groups excluding carboxylic acids is 2. The van der Waals surface area contributed by atoms with Crippen LogP contribution in [0.3, 0.4) is 0 Å². The number of hydrogen-bond donors (Lipinski definition) is 2. The summed E-state index contributed by atoms with van der Waals surface area (Å²) in [6.07, 6.45) is 2.53. The Morgan fingerprint density at radius 2 is 2.17 bits per heavy atom. The molecule has 0 rings (SSSR count). The molecule has 0 saturated heterocycles. The molecule has 0 aromatic carbocycles. The first kappa shape index (κ1) is 11.3. The molecule has 0 heterocycles. The van der Waals surface area contributed by atoms with Crippen LogP contribution in [0.15, 0.2) is 0 Å². The minimum atomic E-state index is -0.519. The summed E-state index contributed by atoms with van der Waals surface area (Å²) in [5, 5.41) is 2.49. The van der Waals surface area contributed by atoms with Crippen LogP contribution < -0.4 is 11.1 Å². The van der Waals surface area contributed by atoms with Crippen molar-refractivity contribution in [1.29, 1.82) is 0 Å². The van der Waals surface area contributed by atoms with E-state index in [0.717, 1.165) is 5.75 Å². The second-order valence-electron chi connectivity index (χ2n) is 2.44. The maximum absolute atomic E-state index is 10.7. The first-order valence-electron chi connectivity index (χ1n) is 3.63. The highest BCUT2D eigenvalue weighted by Crippen LogP contribution is 1.99. The molecular formula is C7H14N2O2S. The lowest BCUT2D eigenvalue weighted by molar-refractivity contribution is -0.126. The van der Waals surface area contributed by atoms with Gasteiger partial charge in [0.25, 0.3) is 0 Å². The molecule has 0 fully saturated rings. The molecule has 0 unspecified atom stereocenters. The van der Waals surface area contributed by atoms with Crippen molar-refractivity contribution in [3.05, 3.63) is 0 Å². The molecule has 1 atom stereocenters. The van der Waals surface area contributed by atoms with Gasteiger partial charge in [-0.3, -0.25) is 9.59 Å². The third-order valence-electron chi connectivity index (χ3n) is 1.33. The van der Waals surface area contributed by atoms with Gasteiger partial charge in [0, 0.05) is 6.92 Å². The number of primary amides is 1. The maximum atomic E-state index is 10.7. The second kappa shape index (κ2) is 5.88. The highest BCUT2D eigenvalue weighted by atomic mass is 32.2. The topological polar surface area (TPSA) is 72.2 Å². The monoisotopic (exact) mass is 190 g/mol. The Balaban J connectivity index is 3.87. The number of thioether (sulfide) groups is 1. The molecule has 0 radical (unpaired) electrons. The van der Waals surface area contributed by atoms with Crippen molar-refractivity contribution in [3.63, 3.8) is 0 Å². The van der Waals surface area contributed by atoms with Gasteiger partial charge in [0.15, 0.2) is 0 Å². The van der Waals surface area contributed by atoms with Gasteiger partial charge in [0.05, 0.1) is 0 Å². The Hall–Kier alpha value is -0.710. The Labute approximate surface area is 76.3 Å². The number of nitrogens with one attached hydrogen (secondary N) is 1. The van der Waals surface area contributed by atoms with Crippen LogP contribution in [0.4, 0.5) is 0 Å². The normalized spacial score (nSPS) is 12.2. The summed E-state index contributed by atoms with van der Waals surface area (Å²) in [6.45, 7) is 1.37. The van der Waals surface area contributed by atoms with Crippen molar-refractivity contribution >= 4 is 23.6 Å². The van der Waals surface area contributed by atoms with Crippen LogP contribution in [-0.2, 0) is 9.59 Å². The first-order chi connectivity index (χ1) is 5.57. The average Bonchev–Trinajstić information content (AvgIpc) is 1.96. The van der Waals surface area contributed by atoms with Crippen molar-refractivity contribution in [2.45, 2.75) is 19.4 Å². The van der Waals surface area contributed by atoms with Crippen LogP contribution in [0.5, 0.6) is 0 Å². The summed E-state index contributed by atoms with van der Waals surface area (Å²) in [4.78, 5) is 21.3. The van der Waals surface area contributed by atoms with E-state index in [9.17, 15) is 9.59 Å². The molecule has 4 nitrogen and oxygen atoms in total. The van der Waals surface area contributed by atoms with E-state index in [0.29, 0.717) is 6.42 Å². The van der Waals surface area contributed by atoms with Gasteiger partial charge in [-0.2, -0.15) is 11.8 Å². The van der Waals surface area contributed by atoms with Crippen LogP contribution in [0, 0.1) is 0 Å². The van der Waals surface area contributed by atoms with Crippen LogP contribution in [0.2, 0.25) is 0 Å². The Bertz CT molecular complexity index is 173. The fourth-order valence-electron chi connectivity index (χ4n) is 0.767. The molecule has 0 saturated carbocycles. The summed E-state index contributed by atoms with van der Waals surface area (Å²) in [6, 6.07) is -0.519. The molecule has 70 valence electrons. The van der Waals surface area contributed by atoms with Gasteiger partial charge in [-0.1, -0.05) is 0 Å². The summed E-state index contributed by atoms with van der Waals surface area (Å²) < 4.78 is 0. The molecule has 3 N–H and O–H groups in total. The van der Waals surface area contributed by atoms with Crippen LogP contribution in [-0.4, -0.2) is 29.9 Å². The van der Waals surface area contributed by atoms with E-state index in [-0.39, 0.29) is 5.91 Å². The zero-order chi connectivity index (χ0) is 9.56. The van der Waals surface area contributed by atoms with Gasteiger partial charge < -0.3 is 11.1 Å². The van der Waals surface area contributed by atoms with E-state index < -0.39 is 11.9 Å². The van der Waals surface area contributed by atoms with Gasteiger partial charge in [-0.05, 0) is 18.4 Å². The summed E-state index contributed by atoms with van der Waals surface area (Å²) in [7, 11) is 0. The lowest BCUT2D eigenvalue weighted by Gasteiger charge is -2.12. The van der Waals surface area contributed by atoms with Crippen LogP contribution in [0.1, 0.15) is 13.3 Å². The molecule has 0 spiro atoms. The van der Waals surface area contributed by atoms with E-state index in [4.69, 9.17) is 5.73 Å². The zero-order valence-electron chi connectivity index (χ0n) is 7.29. The molecule has 0 aromatic heterocycles. The molecule has 0 aliphatic carbocycles. The fraction of sp³-hybridized carbons (Fsp3) is 0.714. The fourth-order valence-corrected chi connectivity index (χ4v) is 1.24. The van der Waals surface area contributed by atoms with Gasteiger partial charge in [0.1, 0.15) is 6.04 Å². The largest absolute Gasteiger partial charge is 0.368 e. The van der Waals surface area contributed by atoms with Crippen molar-refractivity contribution in [1.82, 2.24) is 5.32 Å². The van der Waals surface area contributed by atoms with Gasteiger partial charge in [0.2, 0.25) is 11.8 Å². The van der Waals surface area contributed by atoms with E-state index in [1.54, 1.807) is 11.8 Å². The van der Waals surface area contributed by atoms with E-state index in [2.05, 4.69) is 5.32 Å². The number of amides is 2. The number of hydrogen-bond acceptors (Lipinski definition) is 3. The Morgan fingerprint density at radius 1 is 1.58 bits per heavy atom. The molecule has 0 aromatic rings. The predicted octanol–water partition coefficient (Wildman–Crippen LogP) is -0.271. The lowest BCUT2D eigenvalue weighted by atomic mass is 10.2. The maximum Gasteiger partial charge on any atom is 0.240 e. The average molecular weight is 190 g/mol. The minimum Gasteiger partial charge on any atom is -0.368 e. The summed E-state index contributed by atoms with van der Waals surface area (Å²) in [5.41, 5.74) is 5.06. The van der Waals surface area contributed by atoms with E-state index in [1.165, 1.54) is 6.92 Å². The van der Waals surface area contributed by atoms with Crippen LogP contribution >= 0.6 is 11.8 Å². The summed E-state index contributed by atoms with van der Waals surface area (Å²) >= 11 is 1.62. The third kappa shape index (κ3) is 5.01. The standard InChI is InChI=1S/C7H14N2O2S/c1-5(10)9-6(7(8)11)3-4-12-2/h6H,3-4H2,1-2H3,(H2,8,11)(H,9,10)/t6-/m0/s1. The molecule has 5 heteroatoms. The Morgan fingerprint density at radius 3 is 2.50 bits per heavy atom. The minimum absolute atomic E-state index is 0.222. The summed E-state index contributed by atoms with van der Waals surface area (Å²) in [5.74, 6) is 0.118. The quantitative estimate of drug-likeness (QED) is 0.627.